The first kappa shape index (κ1) is 12.1. The lowest BCUT2D eigenvalue weighted by Crippen LogP contribution is -2.08. The number of ketones is 1. The van der Waals surface area contributed by atoms with Gasteiger partial charge >= 0.3 is 0 Å². The summed E-state index contributed by atoms with van der Waals surface area (Å²) in [7, 11) is 0. The molecule has 2 N–H and O–H groups in total. The second-order valence-corrected chi connectivity index (χ2v) is 3.45. The summed E-state index contributed by atoms with van der Waals surface area (Å²) >= 11 is 0. The lowest BCUT2D eigenvalue weighted by Gasteiger charge is -2.08. The Bertz CT molecular complexity index is 478. The number of carbonyl (C=O) groups is 2. The molecule has 0 aliphatic carbocycles. The highest BCUT2D eigenvalue weighted by molar-refractivity contribution is 6.11. The Hall–Kier alpha value is -1.97. The van der Waals surface area contributed by atoms with E-state index in [2.05, 4.69) is 0 Å². The molecule has 0 unspecified atom stereocenters. The molecular weight excluding hydrogens is 209 g/mol. The summed E-state index contributed by atoms with van der Waals surface area (Å²) < 4.78 is 13.5. The minimum Gasteiger partial charge on any atom is -0.398 e. The molecule has 84 valence electrons. The van der Waals surface area contributed by atoms with Gasteiger partial charge in [-0.25, -0.2) is 4.39 Å². The number of rotatable bonds is 3. The van der Waals surface area contributed by atoms with Crippen molar-refractivity contribution in [2.75, 3.05) is 5.73 Å². The Kier molecular flexibility index (Phi) is 3.55. The lowest BCUT2D eigenvalue weighted by atomic mass is 9.98. The van der Waals surface area contributed by atoms with Gasteiger partial charge < -0.3 is 5.73 Å². The first-order valence-electron chi connectivity index (χ1n) is 4.70. The standard InChI is InChI=1S/C12H12FNO2/c1-7(5-6-15)12(16)11-8(2)10(14)4-3-9(11)13/h3-6H,14H2,1-2H3/b7-5-. The van der Waals surface area contributed by atoms with Crippen LogP contribution in [0.15, 0.2) is 23.8 Å². The molecule has 0 aliphatic rings. The van der Waals surface area contributed by atoms with Crippen molar-refractivity contribution < 1.29 is 14.0 Å². The Morgan fingerprint density at radius 3 is 2.62 bits per heavy atom. The summed E-state index contributed by atoms with van der Waals surface area (Å²) in [5.41, 5.74) is 6.45. The van der Waals surface area contributed by atoms with Gasteiger partial charge in [-0.3, -0.25) is 9.59 Å². The van der Waals surface area contributed by atoms with Gasteiger partial charge in [0, 0.05) is 11.3 Å². The zero-order valence-corrected chi connectivity index (χ0v) is 9.08. The van der Waals surface area contributed by atoms with Crippen molar-refractivity contribution in [2.24, 2.45) is 0 Å². The molecule has 16 heavy (non-hydrogen) atoms. The second kappa shape index (κ2) is 4.70. The zero-order chi connectivity index (χ0) is 12.3. The Morgan fingerprint density at radius 1 is 1.44 bits per heavy atom. The molecule has 0 amide bonds. The molecular formula is C12H12FNO2. The van der Waals surface area contributed by atoms with Gasteiger partial charge in [-0.15, -0.1) is 0 Å². The van der Waals surface area contributed by atoms with Crippen molar-refractivity contribution >= 4 is 17.8 Å². The molecule has 1 aromatic rings. The fourth-order valence-electron chi connectivity index (χ4n) is 1.35. The highest BCUT2D eigenvalue weighted by Crippen LogP contribution is 2.22. The molecule has 1 rings (SSSR count). The summed E-state index contributed by atoms with van der Waals surface area (Å²) in [6, 6.07) is 2.55. The number of allylic oxidation sites excluding steroid dienone is 2. The van der Waals surface area contributed by atoms with Crippen LogP contribution in [-0.2, 0) is 4.79 Å². The van der Waals surface area contributed by atoms with Crippen LogP contribution in [0.3, 0.4) is 0 Å². The average molecular weight is 221 g/mol. The fourth-order valence-corrected chi connectivity index (χ4v) is 1.35. The summed E-state index contributed by atoms with van der Waals surface area (Å²) in [6.45, 7) is 3.03. The third kappa shape index (κ3) is 2.16. The summed E-state index contributed by atoms with van der Waals surface area (Å²) in [5, 5.41) is 0. The molecule has 0 saturated heterocycles. The maximum atomic E-state index is 13.5. The molecule has 0 spiro atoms. The highest BCUT2D eigenvalue weighted by Gasteiger charge is 2.17. The molecule has 0 atom stereocenters. The summed E-state index contributed by atoms with van der Waals surface area (Å²) in [5.74, 6) is -1.15. The quantitative estimate of drug-likeness (QED) is 0.368. The van der Waals surface area contributed by atoms with Crippen molar-refractivity contribution in [1.29, 1.82) is 0 Å². The monoisotopic (exact) mass is 221 g/mol. The normalized spacial score (nSPS) is 11.3. The van der Waals surface area contributed by atoms with Crippen LogP contribution in [0.2, 0.25) is 0 Å². The van der Waals surface area contributed by atoms with Crippen LogP contribution in [-0.4, -0.2) is 12.1 Å². The van der Waals surface area contributed by atoms with E-state index in [0.29, 0.717) is 17.5 Å². The topological polar surface area (TPSA) is 60.2 Å². The van der Waals surface area contributed by atoms with E-state index in [1.165, 1.54) is 13.0 Å². The van der Waals surface area contributed by atoms with Crippen LogP contribution in [0, 0.1) is 12.7 Å². The minimum atomic E-state index is -0.629. The smallest absolute Gasteiger partial charge is 0.192 e. The predicted octanol–water partition coefficient (Wildman–Crippen LogP) is 2.04. The maximum Gasteiger partial charge on any atom is 0.192 e. The average Bonchev–Trinajstić information content (AvgIpc) is 2.24. The van der Waals surface area contributed by atoms with Gasteiger partial charge in [-0.2, -0.15) is 0 Å². The molecule has 0 fully saturated rings. The van der Waals surface area contributed by atoms with Gasteiger partial charge in [0.25, 0.3) is 0 Å². The molecule has 3 nitrogen and oxygen atoms in total. The number of benzene rings is 1. The summed E-state index contributed by atoms with van der Waals surface area (Å²) in [6.07, 6.45) is 1.59. The minimum absolute atomic E-state index is 0.0735. The highest BCUT2D eigenvalue weighted by atomic mass is 19.1. The first-order valence-corrected chi connectivity index (χ1v) is 4.70. The van der Waals surface area contributed by atoms with Crippen LogP contribution < -0.4 is 5.73 Å². The lowest BCUT2D eigenvalue weighted by molar-refractivity contribution is -0.104. The third-order valence-electron chi connectivity index (χ3n) is 2.36. The zero-order valence-electron chi connectivity index (χ0n) is 9.08. The van der Waals surface area contributed by atoms with Crippen LogP contribution in [0.4, 0.5) is 10.1 Å². The number of anilines is 1. The maximum absolute atomic E-state index is 13.5. The predicted molar refractivity (Wildman–Crippen MR) is 59.7 cm³/mol. The number of nitrogens with two attached hydrogens (primary N) is 1. The number of Topliss-reactive ketones (excluding diaryl/α,β-unsaturated/α-hetero) is 1. The number of aldehydes is 1. The molecule has 0 bridgehead atoms. The molecule has 4 heteroatoms. The summed E-state index contributed by atoms with van der Waals surface area (Å²) in [4.78, 5) is 22.0. The van der Waals surface area contributed by atoms with Gasteiger partial charge in [0.2, 0.25) is 0 Å². The molecule has 0 aliphatic heterocycles. The van der Waals surface area contributed by atoms with Gasteiger partial charge in [-0.1, -0.05) is 0 Å². The fraction of sp³-hybridized carbons (Fsp3) is 0.167. The van der Waals surface area contributed by atoms with Crippen LogP contribution in [0.1, 0.15) is 22.8 Å². The van der Waals surface area contributed by atoms with Gasteiger partial charge in [-0.05, 0) is 37.6 Å². The van der Waals surface area contributed by atoms with E-state index in [9.17, 15) is 14.0 Å². The molecule has 1 aromatic carbocycles. The van der Waals surface area contributed by atoms with Crippen LogP contribution in [0.5, 0.6) is 0 Å². The number of halogens is 1. The molecule has 0 saturated carbocycles. The molecule has 0 radical (unpaired) electrons. The molecule has 0 aromatic heterocycles. The van der Waals surface area contributed by atoms with Crippen molar-refractivity contribution in [3.8, 4) is 0 Å². The Balaban J connectivity index is 3.34. The van der Waals surface area contributed by atoms with E-state index < -0.39 is 11.6 Å². The number of carbonyl (C=O) groups excluding carboxylic acids is 2. The van der Waals surface area contributed by atoms with E-state index >= 15 is 0 Å². The van der Waals surface area contributed by atoms with Crippen LogP contribution in [0.25, 0.3) is 0 Å². The third-order valence-corrected chi connectivity index (χ3v) is 2.36. The number of hydrogen-bond acceptors (Lipinski definition) is 3. The Labute approximate surface area is 92.8 Å². The number of nitrogen functional groups attached to an aromatic ring is 1. The van der Waals surface area contributed by atoms with Gasteiger partial charge in [0.1, 0.15) is 12.1 Å². The largest absolute Gasteiger partial charge is 0.398 e. The number of hydrogen-bond donors (Lipinski definition) is 1. The van der Waals surface area contributed by atoms with Crippen molar-refractivity contribution in [3.05, 3.63) is 40.7 Å². The van der Waals surface area contributed by atoms with E-state index in [1.54, 1.807) is 6.92 Å². The van der Waals surface area contributed by atoms with E-state index in [4.69, 9.17) is 5.73 Å². The van der Waals surface area contributed by atoms with Crippen LogP contribution >= 0.6 is 0 Å². The SMILES string of the molecule is C/C(=C/C=O)C(=O)c1c(F)ccc(N)c1C. The van der Waals surface area contributed by atoms with Gasteiger partial charge in [0.05, 0.1) is 5.56 Å². The van der Waals surface area contributed by atoms with E-state index in [0.717, 1.165) is 12.1 Å². The van der Waals surface area contributed by atoms with Gasteiger partial charge in [0.15, 0.2) is 5.78 Å². The van der Waals surface area contributed by atoms with Crippen molar-refractivity contribution in [1.82, 2.24) is 0 Å². The Morgan fingerprint density at radius 2 is 2.06 bits per heavy atom. The van der Waals surface area contributed by atoms with E-state index in [1.807, 2.05) is 0 Å². The van der Waals surface area contributed by atoms with Crippen molar-refractivity contribution in [3.63, 3.8) is 0 Å². The van der Waals surface area contributed by atoms with Crippen molar-refractivity contribution in [2.45, 2.75) is 13.8 Å². The first-order chi connectivity index (χ1) is 7.49. The van der Waals surface area contributed by atoms with E-state index in [-0.39, 0.29) is 11.1 Å². The second-order valence-electron chi connectivity index (χ2n) is 3.45. The molecule has 0 heterocycles.